The molecule has 3 heterocycles. The quantitative estimate of drug-likeness (QED) is 0.768. The molecule has 4 rings (SSSR count). The highest BCUT2D eigenvalue weighted by Gasteiger charge is 2.23. The van der Waals surface area contributed by atoms with Gasteiger partial charge in [0.25, 0.3) is 0 Å². The van der Waals surface area contributed by atoms with Gasteiger partial charge in [-0.25, -0.2) is 9.97 Å². The van der Waals surface area contributed by atoms with Crippen molar-refractivity contribution in [2.45, 2.75) is 26.7 Å². The number of nitrogens with one attached hydrogen (secondary N) is 1. The molecule has 0 unspecified atom stereocenters. The van der Waals surface area contributed by atoms with Gasteiger partial charge in [0, 0.05) is 50.1 Å². The first-order valence-electron chi connectivity index (χ1n) is 9.36. The van der Waals surface area contributed by atoms with E-state index in [9.17, 15) is 4.79 Å². The minimum atomic E-state index is 0.197. The minimum absolute atomic E-state index is 0.197. The number of piperazine rings is 1. The first-order valence-corrected chi connectivity index (χ1v) is 9.36. The summed E-state index contributed by atoms with van der Waals surface area (Å²) in [5.74, 6) is 1.15. The Balaban J connectivity index is 1.37. The number of carbonyl (C=O) groups is 1. The summed E-state index contributed by atoms with van der Waals surface area (Å²) < 4.78 is 0. The number of hydrogen-bond donors (Lipinski definition) is 1. The highest BCUT2D eigenvalue weighted by atomic mass is 16.2. The number of nitrogens with zero attached hydrogens (tertiary/aromatic N) is 5. The van der Waals surface area contributed by atoms with E-state index in [2.05, 4.69) is 31.1 Å². The van der Waals surface area contributed by atoms with Gasteiger partial charge in [0.1, 0.15) is 12.1 Å². The van der Waals surface area contributed by atoms with E-state index in [1.165, 1.54) is 0 Å². The largest absolute Gasteiger partial charge is 0.352 e. The number of amides is 1. The summed E-state index contributed by atoms with van der Waals surface area (Å²) >= 11 is 0. The molecule has 1 fully saturated rings. The molecule has 0 bridgehead atoms. The number of aromatic amines is 1. The summed E-state index contributed by atoms with van der Waals surface area (Å²) in [4.78, 5) is 25.6. The number of fused-ring (bicyclic) bond motifs is 1. The van der Waals surface area contributed by atoms with Crippen LogP contribution in [-0.4, -0.2) is 57.2 Å². The van der Waals surface area contributed by atoms with Crippen molar-refractivity contribution >= 4 is 22.6 Å². The number of hydrogen-bond acceptors (Lipinski definition) is 5. The molecule has 27 heavy (non-hydrogen) atoms. The van der Waals surface area contributed by atoms with E-state index in [0.29, 0.717) is 12.8 Å². The van der Waals surface area contributed by atoms with Gasteiger partial charge in [-0.1, -0.05) is 12.1 Å². The summed E-state index contributed by atoms with van der Waals surface area (Å²) in [5, 5.41) is 8.34. The average molecular weight is 364 g/mol. The van der Waals surface area contributed by atoms with E-state index >= 15 is 0 Å². The molecule has 7 heteroatoms. The van der Waals surface area contributed by atoms with Crippen LogP contribution in [0.5, 0.6) is 0 Å². The highest BCUT2D eigenvalue weighted by molar-refractivity contribution is 5.89. The Morgan fingerprint density at radius 1 is 1.11 bits per heavy atom. The zero-order valence-electron chi connectivity index (χ0n) is 15.8. The first-order chi connectivity index (χ1) is 13.1. The summed E-state index contributed by atoms with van der Waals surface area (Å²) in [6, 6.07) is 8.04. The molecule has 0 radical (unpaired) electrons. The van der Waals surface area contributed by atoms with Crippen LogP contribution >= 0.6 is 0 Å². The zero-order chi connectivity index (χ0) is 18.8. The van der Waals surface area contributed by atoms with E-state index in [1.54, 1.807) is 6.33 Å². The average Bonchev–Trinajstić information content (AvgIpc) is 3.04. The molecule has 1 N–H and O–H groups in total. The van der Waals surface area contributed by atoms with Gasteiger partial charge in [-0.15, -0.1) is 0 Å². The number of carbonyl (C=O) groups excluding carboxylic acids is 1. The third-order valence-corrected chi connectivity index (χ3v) is 5.38. The molecule has 2 aromatic heterocycles. The van der Waals surface area contributed by atoms with Crippen molar-refractivity contribution in [2.24, 2.45) is 0 Å². The lowest BCUT2D eigenvalue weighted by Gasteiger charge is -2.35. The van der Waals surface area contributed by atoms with Gasteiger partial charge in [0.05, 0.1) is 11.2 Å². The second-order valence-electron chi connectivity index (χ2n) is 7.00. The molecular formula is C20H24N6O. The fraction of sp³-hybridized carbons (Fsp3) is 0.400. The van der Waals surface area contributed by atoms with Gasteiger partial charge in [0.2, 0.25) is 5.91 Å². The van der Waals surface area contributed by atoms with Crippen molar-refractivity contribution in [3.05, 3.63) is 47.5 Å². The fourth-order valence-electron chi connectivity index (χ4n) is 3.57. The van der Waals surface area contributed by atoms with Gasteiger partial charge in [-0.05, 0) is 31.5 Å². The van der Waals surface area contributed by atoms with Crippen LogP contribution in [0.3, 0.4) is 0 Å². The van der Waals surface area contributed by atoms with Crippen LogP contribution in [0.15, 0.2) is 30.6 Å². The number of aromatic nitrogens is 4. The molecule has 1 aliphatic heterocycles. The van der Waals surface area contributed by atoms with Crippen molar-refractivity contribution < 1.29 is 4.79 Å². The number of rotatable bonds is 4. The summed E-state index contributed by atoms with van der Waals surface area (Å²) in [6.45, 7) is 7.05. The molecular weight excluding hydrogens is 340 g/mol. The third kappa shape index (κ3) is 3.49. The Kier molecular flexibility index (Phi) is 4.75. The molecule has 0 spiro atoms. The van der Waals surface area contributed by atoms with Gasteiger partial charge < -0.3 is 9.80 Å². The van der Waals surface area contributed by atoms with E-state index < -0.39 is 0 Å². The van der Waals surface area contributed by atoms with Gasteiger partial charge >= 0.3 is 0 Å². The van der Waals surface area contributed by atoms with Crippen LogP contribution in [-0.2, 0) is 11.2 Å². The Hall–Kier alpha value is -2.96. The van der Waals surface area contributed by atoms with Crippen LogP contribution in [0.4, 0.5) is 5.82 Å². The van der Waals surface area contributed by atoms with Gasteiger partial charge in [-0.3, -0.25) is 9.89 Å². The van der Waals surface area contributed by atoms with Crippen LogP contribution < -0.4 is 4.90 Å². The molecule has 1 amide bonds. The molecule has 1 aromatic carbocycles. The standard InChI is InChI=1S/C20H24N6O/c1-14-15(2)23-24-17(14)7-8-19(27)25-9-11-26(12-10-25)20-16-5-3-4-6-18(16)21-13-22-20/h3-6,13H,7-12H2,1-2H3,(H,23,24). The number of anilines is 1. The van der Waals surface area contributed by atoms with Crippen molar-refractivity contribution in [3.8, 4) is 0 Å². The Bertz CT molecular complexity index is 953. The Morgan fingerprint density at radius 3 is 2.63 bits per heavy atom. The van der Waals surface area contributed by atoms with Gasteiger partial charge in [0.15, 0.2) is 0 Å². The monoisotopic (exact) mass is 364 g/mol. The van der Waals surface area contributed by atoms with Crippen molar-refractivity contribution in [2.75, 3.05) is 31.1 Å². The zero-order valence-corrected chi connectivity index (χ0v) is 15.8. The molecule has 1 saturated heterocycles. The predicted molar refractivity (Wildman–Crippen MR) is 105 cm³/mol. The van der Waals surface area contributed by atoms with E-state index in [-0.39, 0.29) is 5.91 Å². The third-order valence-electron chi connectivity index (χ3n) is 5.38. The van der Waals surface area contributed by atoms with Crippen LogP contribution in [0.1, 0.15) is 23.4 Å². The molecule has 0 atom stereocenters. The van der Waals surface area contributed by atoms with E-state index in [0.717, 1.165) is 59.9 Å². The van der Waals surface area contributed by atoms with Crippen molar-refractivity contribution in [3.63, 3.8) is 0 Å². The summed E-state index contributed by atoms with van der Waals surface area (Å²) in [6.07, 6.45) is 2.80. The molecule has 3 aromatic rings. The van der Waals surface area contributed by atoms with E-state index in [1.807, 2.05) is 36.9 Å². The van der Waals surface area contributed by atoms with Crippen LogP contribution in [0.2, 0.25) is 0 Å². The lowest BCUT2D eigenvalue weighted by molar-refractivity contribution is -0.131. The maximum absolute atomic E-state index is 12.6. The van der Waals surface area contributed by atoms with Crippen LogP contribution in [0, 0.1) is 13.8 Å². The summed E-state index contributed by atoms with van der Waals surface area (Å²) in [7, 11) is 0. The van der Waals surface area contributed by atoms with E-state index in [4.69, 9.17) is 0 Å². The molecule has 0 aliphatic carbocycles. The molecule has 0 saturated carbocycles. The second kappa shape index (κ2) is 7.34. The Morgan fingerprint density at radius 2 is 1.89 bits per heavy atom. The van der Waals surface area contributed by atoms with Gasteiger partial charge in [-0.2, -0.15) is 5.10 Å². The minimum Gasteiger partial charge on any atom is -0.352 e. The summed E-state index contributed by atoms with van der Waals surface area (Å²) in [5.41, 5.74) is 4.17. The number of para-hydroxylation sites is 1. The Labute approximate surface area is 158 Å². The molecule has 1 aliphatic rings. The lowest BCUT2D eigenvalue weighted by Crippen LogP contribution is -2.49. The second-order valence-corrected chi connectivity index (χ2v) is 7.00. The first kappa shape index (κ1) is 17.5. The molecule has 140 valence electrons. The topological polar surface area (TPSA) is 78.0 Å². The maximum Gasteiger partial charge on any atom is 0.223 e. The smallest absolute Gasteiger partial charge is 0.223 e. The fourth-order valence-corrected chi connectivity index (χ4v) is 3.57. The lowest BCUT2D eigenvalue weighted by atomic mass is 10.1. The highest BCUT2D eigenvalue weighted by Crippen LogP contribution is 2.23. The predicted octanol–water partition coefficient (Wildman–Crippen LogP) is 2.25. The van der Waals surface area contributed by atoms with Crippen molar-refractivity contribution in [1.29, 1.82) is 0 Å². The SMILES string of the molecule is Cc1[nH]nc(CCC(=O)N2CCN(c3ncnc4ccccc34)CC2)c1C. The number of benzene rings is 1. The maximum atomic E-state index is 12.6. The number of H-pyrrole nitrogens is 1. The van der Waals surface area contributed by atoms with Crippen LogP contribution in [0.25, 0.3) is 10.9 Å². The molecule has 7 nitrogen and oxygen atoms in total. The normalized spacial score (nSPS) is 14.7. The number of aryl methyl sites for hydroxylation is 2. The van der Waals surface area contributed by atoms with Crippen molar-refractivity contribution in [1.82, 2.24) is 25.1 Å².